The van der Waals surface area contributed by atoms with Gasteiger partial charge in [0.25, 0.3) is 0 Å². The molecule has 0 saturated heterocycles. The molecular weight excluding hydrogens is 1310 g/mol. The molecule has 4 atom stereocenters. The van der Waals surface area contributed by atoms with Crippen molar-refractivity contribution in [3.63, 3.8) is 0 Å². The summed E-state index contributed by atoms with van der Waals surface area (Å²) in [4.78, 5) is 72.7. The molecule has 0 spiro atoms. The molecule has 0 aliphatic carbocycles. The van der Waals surface area contributed by atoms with E-state index in [1.807, 2.05) is 36.5 Å². The Morgan fingerprint density at radius 2 is 0.520 bits per heavy atom. The predicted molar refractivity (Wildman–Crippen MR) is 408 cm³/mol. The normalized spacial score (nSPS) is 15.1. The lowest BCUT2D eigenvalue weighted by atomic mass is 10.1. The Hall–Kier alpha value is -6.10. The van der Waals surface area contributed by atoms with E-state index in [2.05, 4.69) is 174 Å². The van der Waals surface area contributed by atoms with Crippen molar-refractivity contribution in [3.8, 4) is 0 Å². The van der Waals surface area contributed by atoms with E-state index in [9.17, 15) is 43.2 Å². The highest BCUT2D eigenvalue weighted by Crippen LogP contribution is 2.45. The highest BCUT2D eigenvalue weighted by atomic mass is 31.2. The number of carbonyl (C=O) groups is 4. The third-order valence-corrected chi connectivity index (χ3v) is 16.0. The van der Waals surface area contributed by atoms with E-state index in [1.54, 1.807) is 12.2 Å². The standard InChI is InChI=1S/C81H126O17P2/c1-5-9-13-17-21-25-29-33-37-41-45-49-53-57-61-65-78(83)91-71-76(97-80(85)67-63-59-55-51-47-43-39-35-31-27-23-19-15-11-7-3)73-95-99(87,88)93-69-75(82)70-94-100(89,90)96-74-77(98-81(86)68-64-60-56-52-48-44-40-36-32-28-24-20-16-12-8-4)72-92-79(84)66-62-58-54-50-46-42-38-34-30-26-22-18-14-10-6-2/h9-16,21-28,33-40,45-46,49-50,57-58,61-62,75-77,82H,5-8,17-20,29-32,41-44,47-48,51-56,59-60,63-74H2,1-4H3,(H,87,88)(H,89,90)/b13-9-,14-10-,15-11-,16-12-,25-21-,26-22-,27-23-,28-24-,37-33-,38-34-,39-35-,40-36-,49-45-,50-46-,61-57-,62-58-. The van der Waals surface area contributed by atoms with Crippen molar-refractivity contribution < 1.29 is 80.2 Å². The molecule has 0 aliphatic rings. The van der Waals surface area contributed by atoms with Gasteiger partial charge in [-0.15, -0.1) is 0 Å². The molecule has 17 nitrogen and oxygen atoms in total. The molecule has 4 unspecified atom stereocenters. The first-order chi connectivity index (χ1) is 48.7. The van der Waals surface area contributed by atoms with E-state index in [1.165, 1.54) is 0 Å². The quantitative estimate of drug-likeness (QED) is 0.0169. The lowest BCUT2D eigenvalue weighted by Crippen LogP contribution is -2.30. The van der Waals surface area contributed by atoms with E-state index in [-0.39, 0.29) is 25.7 Å². The van der Waals surface area contributed by atoms with Crippen LogP contribution in [0.2, 0.25) is 0 Å². The molecule has 0 aromatic carbocycles. The third kappa shape index (κ3) is 70.3. The largest absolute Gasteiger partial charge is 0.472 e. The van der Waals surface area contributed by atoms with E-state index in [0.717, 1.165) is 154 Å². The number of ether oxygens (including phenoxy) is 4. The van der Waals surface area contributed by atoms with E-state index < -0.39 is 97.5 Å². The highest BCUT2D eigenvalue weighted by Gasteiger charge is 2.30. The molecule has 0 heterocycles. The first-order valence-electron chi connectivity index (χ1n) is 36.7. The fraction of sp³-hybridized carbons (Fsp3) is 0.556. The average molecular weight is 1430 g/mol. The molecule has 0 saturated carbocycles. The van der Waals surface area contributed by atoms with Gasteiger partial charge in [0.1, 0.15) is 19.3 Å². The Morgan fingerprint density at radius 1 is 0.290 bits per heavy atom. The number of phosphoric acid groups is 2. The van der Waals surface area contributed by atoms with Crippen molar-refractivity contribution in [2.24, 2.45) is 0 Å². The molecular formula is C81H126O17P2. The minimum atomic E-state index is -5.01. The minimum absolute atomic E-state index is 0.0454. The van der Waals surface area contributed by atoms with Crippen molar-refractivity contribution in [2.75, 3.05) is 39.6 Å². The van der Waals surface area contributed by atoms with Crippen LogP contribution in [-0.4, -0.2) is 96.7 Å². The molecule has 0 bridgehead atoms. The maximum atomic E-state index is 13.1. The van der Waals surface area contributed by atoms with E-state index >= 15 is 0 Å². The van der Waals surface area contributed by atoms with Gasteiger partial charge in [-0.05, 0) is 141 Å². The molecule has 0 rings (SSSR count). The van der Waals surface area contributed by atoms with Crippen LogP contribution in [0.5, 0.6) is 0 Å². The average Bonchev–Trinajstić information content (AvgIpc) is 1.01. The molecule has 0 fully saturated rings. The van der Waals surface area contributed by atoms with Crippen molar-refractivity contribution >= 4 is 39.5 Å². The Balaban J connectivity index is 5.55. The Labute approximate surface area is 602 Å². The second-order valence-electron chi connectivity index (χ2n) is 23.4. The van der Waals surface area contributed by atoms with Crippen molar-refractivity contribution in [1.82, 2.24) is 0 Å². The molecule has 100 heavy (non-hydrogen) atoms. The topological polar surface area (TPSA) is 237 Å². The molecule has 562 valence electrons. The molecule has 0 aliphatic heterocycles. The number of aliphatic hydroxyl groups excluding tert-OH is 1. The fourth-order valence-corrected chi connectivity index (χ4v) is 10.3. The number of rotatable bonds is 66. The van der Waals surface area contributed by atoms with Crippen LogP contribution in [0, 0.1) is 0 Å². The molecule has 0 aromatic rings. The Morgan fingerprint density at radius 3 is 0.800 bits per heavy atom. The summed E-state index contributed by atoms with van der Waals surface area (Å²) >= 11 is 0. The number of esters is 4. The fourth-order valence-electron chi connectivity index (χ4n) is 8.69. The van der Waals surface area contributed by atoms with Crippen molar-refractivity contribution in [1.29, 1.82) is 0 Å². The van der Waals surface area contributed by atoms with Gasteiger partial charge < -0.3 is 33.8 Å². The minimum Gasteiger partial charge on any atom is -0.461 e. The Bertz CT molecular complexity index is 2490. The number of carbonyl (C=O) groups excluding carboxylic acids is 4. The van der Waals surface area contributed by atoms with Crippen LogP contribution in [0.25, 0.3) is 0 Å². The van der Waals surface area contributed by atoms with Gasteiger partial charge in [0.15, 0.2) is 12.2 Å². The van der Waals surface area contributed by atoms with Gasteiger partial charge in [0, 0.05) is 12.8 Å². The van der Waals surface area contributed by atoms with Crippen LogP contribution in [-0.2, 0) is 65.4 Å². The second kappa shape index (κ2) is 71.3. The van der Waals surface area contributed by atoms with Crippen LogP contribution >= 0.6 is 15.6 Å². The summed E-state index contributed by atoms with van der Waals surface area (Å²) in [5.74, 6) is -2.54. The van der Waals surface area contributed by atoms with Crippen LogP contribution in [0.15, 0.2) is 194 Å². The van der Waals surface area contributed by atoms with Gasteiger partial charge >= 0.3 is 39.5 Å². The summed E-state index contributed by atoms with van der Waals surface area (Å²) in [6, 6.07) is 0. The maximum Gasteiger partial charge on any atom is 0.472 e. The number of unbranched alkanes of at least 4 members (excludes halogenated alkanes) is 10. The summed E-state index contributed by atoms with van der Waals surface area (Å²) in [6.07, 6.45) is 86.4. The molecule has 0 aromatic heterocycles. The zero-order valence-corrected chi connectivity index (χ0v) is 62.8. The number of aliphatic hydroxyl groups is 1. The summed E-state index contributed by atoms with van der Waals surface area (Å²) in [5, 5.41) is 10.6. The second-order valence-corrected chi connectivity index (χ2v) is 26.3. The lowest BCUT2D eigenvalue weighted by Gasteiger charge is -2.21. The summed E-state index contributed by atoms with van der Waals surface area (Å²) < 4.78 is 68.1. The van der Waals surface area contributed by atoms with Crippen LogP contribution in [0.1, 0.15) is 233 Å². The maximum absolute atomic E-state index is 13.1. The molecule has 0 amide bonds. The first-order valence-corrected chi connectivity index (χ1v) is 39.7. The zero-order valence-electron chi connectivity index (χ0n) is 61.0. The number of hydrogen-bond acceptors (Lipinski definition) is 15. The van der Waals surface area contributed by atoms with Crippen LogP contribution < -0.4 is 0 Å². The summed E-state index contributed by atoms with van der Waals surface area (Å²) in [5.41, 5.74) is 0. The summed E-state index contributed by atoms with van der Waals surface area (Å²) in [6.45, 7) is 4.09. The van der Waals surface area contributed by atoms with Gasteiger partial charge in [0.2, 0.25) is 0 Å². The SMILES string of the molecule is CC/C=C\C/C=C\C/C=C\C/C=C\C/C=C\CC(=O)OCC(COP(=O)(O)OCC(O)COP(=O)(O)OCC(COC(=O)C/C=C\C/C=C\C/C=C\C/C=C\C/C=C\CC)OC(=O)CCCCCCC/C=C\C/C=C\C/C=C\CC)OC(=O)CCCCCCC/C=C\C/C=C\C/C=C\CC. The molecule has 3 N–H and O–H groups in total. The zero-order chi connectivity index (χ0) is 73.2. The van der Waals surface area contributed by atoms with Gasteiger partial charge in [-0.25, -0.2) is 9.13 Å². The van der Waals surface area contributed by atoms with Gasteiger partial charge in [0.05, 0.1) is 39.3 Å². The highest BCUT2D eigenvalue weighted by molar-refractivity contribution is 7.47. The lowest BCUT2D eigenvalue weighted by molar-refractivity contribution is -0.161. The van der Waals surface area contributed by atoms with E-state index in [4.69, 9.17) is 37.0 Å². The van der Waals surface area contributed by atoms with Gasteiger partial charge in [-0.2, -0.15) is 0 Å². The molecule has 0 radical (unpaired) electrons. The van der Waals surface area contributed by atoms with Gasteiger partial charge in [-0.3, -0.25) is 37.3 Å². The first kappa shape index (κ1) is 93.9. The monoisotopic (exact) mass is 1430 g/mol. The van der Waals surface area contributed by atoms with Crippen LogP contribution in [0.4, 0.5) is 0 Å². The van der Waals surface area contributed by atoms with Crippen LogP contribution in [0.3, 0.4) is 0 Å². The van der Waals surface area contributed by atoms with Crippen molar-refractivity contribution in [3.05, 3.63) is 194 Å². The Kier molecular flexibility index (Phi) is 67.0. The van der Waals surface area contributed by atoms with E-state index in [0.29, 0.717) is 25.7 Å². The smallest absolute Gasteiger partial charge is 0.461 e. The molecule has 19 heteroatoms. The van der Waals surface area contributed by atoms with Crippen molar-refractivity contribution in [2.45, 2.75) is 251 Å². The number of hydrogen-bond donors (Lipinski definition) is 3. The summed E-state index contributed by atoms with van der Waals surface area (Å²) in [7, 11) is -10.0. The number of phosphoric ester groups is 2. The number of allylic oxidation sites excluding steroid dienone is 30. The predicted octanol–water partition coefficient (Wildman–Crippen LogP) is 21.0. The third-order valence-electron chi connectivity index (χ3n) is 14.1. The van der Waals surface area contributed by atoms with Gasteiger partial charge in [-0.1, -0.05) is 261 Å².